The fraction of sp³-hybridized carbons (Fsp3) is 0.667. The standard InChI is InChI=1S/C18H28N2O2/c1-3-4-5-13-11-20-7-6-12-8-17(21)18(22-2)9-14(12)16(20)10-15(13)19/h8-9,13,15-16,21H,3-7,10-11,19H2,1-2H3/t13-,15-,16-/m1/s1. The van der Waals surface area contributed by atoms with Crippen molar-refractivity contribution in [2.24, 2.45) is 11.7 Å². The maximum Gasteiger partial charge on any atom is 0.160 e. The van der Waals surface area contributed by atoms with E-state index >= 15 is 0 Å². The number of rotatable bonds is 4. The molecule has 1 saturated heterocycles. The van der Waals surface area contributed by atoms with E-state index in [1.54, 1.807) is 7.11 Å². The molecule has 0 aromatic heterocycles. The number of phenolic OH excluding ortho intramolecular Hbond substituents is 1. The van der Waals surface area contributed by atoms with Crippen molar-refractivity contribution >= 4 is 0 Å². The predicted molar refractivity (Wildman–Crippen MR) is 88.3 cm³/mol. The summed E-state index contributed by atoms with van der Waals surface area (Å²) in [5.74, 6) is 1.44. The van der Waals surface area contributed by atoms with Crippen molar-refractivity contribution in [3.63, 3.8) is 0 Å². The Morgan fingerprint density at radius 3 is 2.95 bits per heavy atom. The van der Waals surface area contributed by atoms with E-state index in [-0.39, 0.29) is 11.8 Å². The number of unbranched alkanes of at least 4 members (excludes halogenated alkanes) is 1. The van der Waals surface area contributed by atoms with Crippen molar-refractivity contribution in [3.8, 4) is 11.5 Å². The van der Waals surface area contributed by atoms with Gasteiger partial charge in [0.15, 0.2) is 11.5 Å². The van der Waals surface area contributed by atoms with Crippen LogP contribution in [0.3, 0.4) is 0 Å². The average molecular weight is 304 g/mol. The topological polar surface area (TPSA) is 58.7 Å². The van der Waals surface area contributed by atoms with Crippen LogP contribution in [0.25, 0.3) is 0 Å². The fourth-order valence-corrected chi connectivity index (χ4v) is 4.09. The smallest absolute Gasteiger partial charge is 0.160 e. The Bertz CT molecular complexity index is 532. The van der Waals surface area contributed by atoms with Crippen LogP contribution in [0.1, 0.15) is 49.8 Å². The Kier molecular flexibility index (Phi) is 4.59. The van der Waals surface area contributed by atoms with Gasteiger partial charge < -0.3 is 15.6 Å². The first-order valence-corrected chi connectivity index (χ1v) is 8.53. The van der Waals surface area contributed by atoms with Gasteiger partial charge in [-0.15, -0.1) is 0 Å². The van der Waals surface area contributed by atoms with Crippen LogP contribution in [0, 0.1) is 5.92 Å². The molecule has 2 aliphatic rings. The van der Waals surface area contributed by atoms with E-state index in [9.17, 15) is 5.11 Å². The molecule has 2 heterocycles. The molecule has 1 fully saturated rings. The van der Waals surface area contributed by atoms with Gasteiger partial charge in [0.05, 0.1) is 7.11 Å². The van der Waals surface area contributed by atoms with Gasteiger partial charge in [-0.3, -0.25) is 4.90 Å². The van der Waals surface area contributed by atoms with E-state index < -0.39 is 0 Å². The lowest BCUT2D eigenvalue weighted by Gasteiger charge is -2.46. The molecule has 0 amide bonds. The molecule has 1 aromatic rings. The largest absolute Gasteiger partial charge is 0.504 e. The quantitative estimate of drug-likeness (QED) is 0.898. The third-order valence-electron chi connectivity index (χ3n) is 5.41. The number of nitrogens with two attached hydrogens (primary N) is 1. The van der Waals surface area contributed by atoms with E-state index in [2.05, 4.69) is 11.8 Å². The van der Waals surface area contributed by atoms with E-state index in [1.807, 2.05) is 12.1 Å². The zero-order chi connectivity index (χ0) is 15.7. The minimum absolute atomic E-state index is 0.246. The zero-order valence-electron chi connectivity index (χ0n) is 13.7. The highest BCUT2D eigenvalue weighted by Crippen LogP contribution is 2.42. The minimum Gasteiger partial charge on any atom is -0.504 e. The molecule has 0 aliphatic carbocycles. The third kappa shape index (κ3) is 2.82. The summed E-state index contributed by atoms with van der Waals surface area (Å²) in [7, 11) is 1.61. The summed E-state index contributed by atoms with van der Waals surface area (Å²) in [5.41, 5.74) is 9.02. The average Bonchev–Trinajstić information content (AvgIpc) is 2.52. The van der Waals surface area contributed by atoms with Crippen LogP contribution in [-0.4, -0.2) is 36.2 Å². The molecule has 3 rings (SSSR count). The summed E-state index contributed by atoms with van der Waals surface area (Å²) in [5, 5.41) is 9.99. The van der Waals surface area contributed by atoms with Gasteiger partial charge in [-0.2, -0.15) is 0 Å². The molecule has 0 spiro atoms. The van der Waals surface area contributed by atoms with Crippen molar-refractivity contribution in [3.05, 3.63) is 23.3 Å². The SMILES string of the molecule is CCCC[C@@H]1CN2CCc3cc(O)c(OC)cc3[C@H]2C[C@H]1N. The molecule has 22 heavy (non-hydrogen) atoms. The first-order valence-electron chi connectivity index (χ1n) is 8.53. The molecule has 0 unspecified atom stereocenters. The van der Waals surface area contributed by atoms with E-state index in [0.717, 1.165) is 25.9 Å². The van der Waals surface area contributed by atoms with Gasteiger partial charge >= 0.3 is 0 Å². The normalized spacial score (nSPS) is 28.0. The number of fused-ring (bicyclic) bond motifs is 3. The van der Waals surface area contributed by atoms with Gasteiger partial charge in [-0.25, -0.2) is 0 Å². The van der Waals surface area contributed by atoms with Crippen molar-refractivity contribution in [2.75, 3.05) is 20.2 Å². The lowest BCUT2D eigenvalue weighted by atomic mass is 9.79. The maximum absolute atomic E-state index is 9.99. The number of benzene rings is 1. The van der Waals surface area contributed by atoms with Crippen LogP contribution >= 0.6 is 0 Å². The van der Waals surface area contributed by atoms with E-state index in [1.165, 1.54) is 30.4 Å². The highest BCUT2D eigenvalue weighted by molar-refractivity contribution is 5.48. The van der Waals surface area contributed by atoms with Crippen LogP contribution in [0.2, 0.25) is 0 Å². The molecule has 4 nitrogen and oxygen atoms in total. The minimum atomic E-state index is 0.246. The van der Waals surface area contributed by atoms with Gasteiger partial charge in [-0.1, -0.05) is 19.8 Å². The molecule has 3 N–H and O–H groups in total. The molecular formula is C18H28N2O2. The molecular weight excluding hydrogens is 276 g/mol. The van der Waals surface area contributed by atoms with E-state index in [4.69, 9.17) is 10.5 Å². The summed E-state index contributed by atoms with van der Waals surface area (Å²) >= 11 is 0. The number of ether oxygens (including phenoxy) is 1. The summed E-state index contributed by atoms with van der Waals surface area (Å²) in [4.78, 5) is 2.59. The lowest BCUT2D eigenvalue weighted by molar-refractivity contribution is 0.0783. The highest BCUT2D eigenvalue weighted by atomic mass is 16.5. The van der Waals surface area contributed by atoms with Crippen LogP contribution in [0.4, 0.5) is 0 Å². The Balaban J connectivity index is 1.83. The molecule has 2 aliphatic heterocycles. The van der Waals surface area contributed by atoms with Crippen LogP contribution < -0.4 is 10.5 Å². The van der Waals surface area contributed by atoms with E-state index in [0.29, 0.717) is 17.7 Å². The molecule has 0 bridgehead atoms. The van der Waals surface area contributed by atoms with Gasteiger partial charge in [0.25, 0.3) is 0 Å². The Labute approximate surface area is 133 Å². The first kappa shape index (κ1) is 15.6. The van der Waals surface area contributed by atoms with Crippen molar-refractivity contribution < 1.29 is 9.84 Å². The van der Waals surface area contributed by atoms with Crippen LogP contribution in [0.15, 0.2) is 12.1 Å². The summed E-state index contributed by atoms with van der Waals surface area (Å²) in [6, 6.07) is 4.55. The molecule has 0 radical (unpaired) electrons. The Morgan fingerprint density at radius 2 is 2.23 bits per heavy atom. The third-order valence-corrected chi connectivity index (χ3v) is 5.41. The number of piperidine rings is 1. The number of methoxy groups -OCH3 is 1. The number of hydrogen-bond acceptors (Lipinski definition) is 4. The Hall–Kier alpha value is -1.26. The second kappa shape index (κ2) is 6.47. The van der Waals surface area contributed by atoms with Gasteiger partial charge in [0.2, 0.25) is 0 Å². The van der Waals surface area contributed by atoms with Crippen LogP contribution in [-0.2, 0) is 6.42 Å². The molecule has 0 saturated carbocycles. The second-order valence-electron chi connectivity index (χ2n) is 6.79. The molecule has 122 valence electrons. The summed E-state index contributed by atoms with van der Waals surface area (Å²) in [6.45, 7) is 4.42. The van der Waals surface area contributed by atoms with Gasteiger partial charge in [-0.05, 0) is 48.4 Å². The number of aromatic hydroxyl groups is 1. The second-order valence-corrected chi connectivity index (χ2v) is 6.79. The Morgan fingerprint density at radius 1 is 1.41 bits per heavy atom. The maximum atomic E-state index is 9.99. The van der Waals surface area contributed by atoms with Crippen molar-refractivity contribution in [1.82, 2.24) is 4.90 Å². The zero-order valence-corrected chi connectivity index (χ0v) is 13.7. The molecule has 4 heteroatoms. The van der Waals surface area contributed by atoms with Crippen molar-refractivity contribution in [1.29, 1.82) is 0 Å². The summed E-state index contributed by atoms with van der Waals surface area (Å²) in [6.07, 6.45) is 5.77. The van der Waals surface area contributed by atoms with Crippen LogP contribution in [0.5, 0.6) is 11.5 Å². The predicted octanol–water partition coefficient (Wildman–Crippen LogP) is 2.84. The highest BCUT2D eigenvalue weighted by Gasteiger charge is 2.37. The number of phenols is 1. The molecule has 3 atom stereocenters. The van der Waals surface area contributed by atoms with Crippen molar-refractivity contribution in [2.45, 2.75) is 51.1 Å². The molecule has 1 aromatic carbocycles. The fourth-order valence-electron chi connectivity index (χ4n) is 4.09. The lowest BCUT2D eigenvalue weighted by Crippen LogP contribution is -2.50. The number of nitrogens with zero attached hydrogens (tertiary/aromatic N) is 1. The first-order chi connectivity index (χ1) is 10.6. The summed E-state index contributed by atoms with van der Waals surface area (Å²) < 4.78 is 5.29. The van der Waals surface area contributed by atoms with Gasteiger partial charge in [0, 0.05) is 25.2 Å². The number of hydrogen-bond donors (Lipinski definition) is 2. The monoisotopic (exact) mass is 304 g/mol. The van der Waals surface area contributed by atoms with Gasteiger partial charge in [0.1, 0.15) is 0 Å².